The molecule has 0 saturated carbocycles. The van der Waals surface area contributed by atoms with Crippen LogP contribution in [0.4, 0.5) is 11.4 Å². The van der Waals surface area contributed by atoms with Gasteiger partial charge in [-0.1, -0.05) is 0 Å². The molecular formula is C11H18N2O2. The lowest BCUT2D eigenvalue weighted by molar-refractivity contribution is 0.302. The van der Waals surface area contributed by atoms with E-state index in [4.69, 9.17) is 15.6 Å². The number of nitrogens with zero attached hydrogens (tertiary/aromatic N) is 1. The fourth-order valence-corrected chi connectivity index (χ4v) is 1.49. The highest BCUT2D eigenvalue weighted by Gasteiger charge is 2.08. The van der Waals surface area contributed by atoms with Crippen molar-refractivity contribution < 1.29 is 9.84 Å². The second kappa shape index (κ2) is 5.46. The third-order valence-corrected chi connectivity index (χ3v) is 2.33. The summed E-state index contributed by atoms with van der Waals surface area (Å²) in [4.78, 5) is 2.01. The predicted octanol–water partition coefficient (Wildman–Crippen LogP) is 1.10. The summed E-state index contributed by atoms with van der Waals surface area (Å²) in [6, 6.07) is 5.52. The third kappa shape index (κ3) is 2.76. The number of hydrogen-bond donors (Lipinski definition) is 2. The van der Waals surface area contributed by atoms with Crippen molar-refractivity contribution in [1.82, 2.24) is 0 Å². The number of nitrogens with two attached hydrogens (primary N) is 1. The average Bonchev–Trinajstić information content (AvgIpc) is 2.27. The van der Waals surface area contributed by atoms with Crippen molar-refractivity contribution in [2.45, 2.75) is 6.92 Å². The van der Waals surface area contributed by atoms with Gasteiger partial charge in [-0.25, -0.2) is 0 Å². The van der Waals surface area contributed by atoms with Crippen LogP contribution in [0.2, 0.25) is 0 Å². The van der Waals surface area contributed by atoms with E-state index in [0.717, 1.165) is 18.0 Å². The van der Waals surface area contributed by atoms with E-state index in [0.29, 0.717) is 12.2 Å². The Morgan fingerprint density at radius 1 is 1.47 bits per heavy atom. The quantitative estimate of drug-likeness (QED) is 0.714. The first-order valence-corrected chi connectivity index (χ1v) is 5.02. The van der Waals surface area contributed by atoms with E-state index in [1.165, 1.54) is 0 Å². The van der Waals surface area contributed by atoms with E-state index < -0.39 is 0 Å². The van der Waals surface area contributed by atoms with Gasteiger partial charge >= 0.3 is 0 Å². The maximum Gasteiger partial charge on any atom is 0.121 e. The maximum absolute atomic E-state index is 8.93. The topological polar surface area (TPSA) is 58.7 Å². The van der Waals surface area contributed by atoms with Gasteiger partial charge in [0.2, 0.25) is 0 Å². The van der Waals surface area contributed by atoms with Gasteiger partial charge in [0.1, 0.15) is 5.75 Å². The van der Waals surface area contributed by atoms with Crippen LogP contribution in [-0.2, 0) is 0 Å². The zero-order valence-electron chi connectivity index (χ0n) is 9.23. The van der Waals surface area contributed by atoms with Crippen LogP contribution in [0.1, 0.15) is 6.92 Å². The van der Waals surface area contributed by atoms with Gasteiger partial charge in [0, 0.05) is 19.2 Å². The van der Waals surface area contributed by atoms with Crippen LogP contribution in [0.5, 0.6) is 5.75 Å². The Balaban J connectivity index is 2.98. The molecule has 0 unspecified atom stereocenters. The zero-order chi connectivity index (χ0) is 11.3. The van der Waals surface area contributed by atoms with Gasteiger partial charge < -0.3 is 20.5 Å². The molecule has 0 heterocycles. The summed E-state index contributed by atoms with van der Waals surface area (Å²) in [6.45, 7) is 3.52. The van der Waals surface area contributed by atoms with Crippen molar-refractivity contribution in [2.75, 3.05) is 37.4 Å². The number of aliphatic hydroxyl groups excluding tert-OH is 1. The summed E-state index contributed by atoms with van der Waals surface area (Å²) in [5.41, 5.74) is 7.48. The highest BCUT2D eigenvalue weighted by atomic mass is 16.5. The van der Waals surface area contributed by atoms with Crippen molar-refractivity contribution >= 4 is 11.4 Å². The summed E-state index contributed by atoms with van der Waals surface area (Å²) in [5.74, 6) is 0.774. The van der Waals surface area contributed by atoms with E-state index in [-0.39, 0.29) is 6.61 Å². The molecule has 1 rings (SSSR count). The van der Waals surface area contributed by atoms with Gasteiger partial charge in [0.25, 0.3) is 0 Å². The van der Waals surface area contributed by atoms with E-state index in [2.05, 4.69) is 0 Å². The van der Waals surface area contributed by atoms with Crippen LogP contribution in [-0.4, -0.2) is 31.9 Å². The second-order valence-electron chi connectivity index (χ2n) is 3.23. The molecule has 0 aliphatic heterocycles. The standard InChI is InChI=1S/C11H18N2O2/c1-3-13(6-7-14)11-8-9(15-2)4-5-10(11)12/h4-5,8,14H,3,6-7,12H2,1-2H3. The molecule has 0 aromatic heterocycles. The summed E-state index contributed by atoms with van der Waals surface area (Å²) in [6.07, 6.45) is 0. The lowest BCUT2D eigenvalue weighted by Gasteiger charge is -2.24. The Kier molecular flexibility index (Phi) is 4.24. The molecule has 4 heteroatoms. The molecule has 1 aromatic rings. The highest BCUT2D eigenvalue weighted by Crippen LogP contribution is 2.27. The molecule has 0 amide bonds. The Bertz CT molecular complexity index is 315. The number of likely N-dealkylation sites (N-methyl/N-ethyl adjacent to an activating group) is 1. The van der Waals surface area contributed by atoms with Gasteiger partial charge in [-0.3, -0.25) is 0 Å². The monoisotopic (exact) mass is 210 g/mol. The van der Waals surface area contributed by atoms with E-state index in [1.807, 2.05) is 30.0 Å². The smallest absolute Gasteiger partial charge is 0.121 e. The fraction of sp³-hybridized carbons (Fsp3) is 0.455. The number of aliphatic hydroxyl groups is 1. The molecule has 0 bridgehead atoms. The molecule has 0 radical (unpaired) electrons. The number of hydrogen-bond acceptors (Lipinski definition) is 4. The molecular weight excluding hydrogens is 192 g/mol. The van der Waals surface area contributed by atoms with E-state index in [1.54, 1.807) is 7.11 Å². The van der Waals surface area contributed by atoms with Crippen LogP contribution in [0, 0.1) is 0 Å². The number of ether oxygens (including phenoxy) is 1. The van der Waals surface area contributed by atoms with Crippen LogP contribution < -0.4 is 15.4 Å². The lowest BCUT2D eigenvalue weighted by Crippen LogP contribution is -2.26. The molecule has 0 atom stereocenters. The SMILES string of the molecule is CCN(CCO)c1cc(OC)ccc1N. The van der Waals surface area contributed by atoms with Gasteiger partial charge in [0.05, 0.1) is 25.1 Å². The first-order chi connectivity index (χ1) is 7.22. The van der Waals surface area contributed by atoms with E-state index in [9.17, 15) is 0 Å². The van der Waals surface area contributed by atoms with Gasteiger partial charge in [0.15, 0.2) is 0 Å². The molecule has 3 N–H and O–H groups in total. The molecule has 4 nitrogen and oxygen atoms in total. The maximum atomic E-state index is 8.93. The van der Waals surface area contributed by atoms with Crippen molar-refractivity contribution in [3.8, 4) is 5.75 Å². The molecule has 0 aliphatic rings. The first kappa shape index (κ1) is 11.7. The van der Waals surface area contributed by atoms with Crippen LogP contribution >= 0.6 is 0 Å². The van der Waals surface area contributed by atoms with Crippen LogP contribution in [0.3, 0.4) is 0 Å². The molecule has 15 heavy (non-hydrogen) atoms. The summed E-state index contributed by atoms with van der Waals surface area (Å²) in [7, 11) is 1.62. The zero-order valence-corrected chi connectivity index (χ0v) is 9.23. The number of benzene rings is 1. The first-order valence-electron chi connectivity index (χ1n) is 5.02. The van der Waals surface area contributed by atoms with Crippen LogP contribution in [0.15, 0.2) is 18.2 Å². The molecule has 0 fully saturated rings. The summed E-state index contributed by atoms with van der Waals surface area (Å²) < 4.78 is 5.14. The van der Waals surface area contributed by atoms with Crippen molar-refractivity contribution in [2.24, 2.45) is 0 Å². The summed E-state index contributed by atoms with van der Waals surface area (Å²) >= 11 is 0. The van der Waals surface area contributed by atoms with Gasteiger partial charge in [-0.15, -0.1) is 0 Å². The van der Waals surface area contributed by atoms with Crippen LogP contribution in [0.25, 0.3) is 0 Å². The molecule has 0 aliphatic carbocycles. The Hall–Kier alpha value is -1.42. The van der Waals surface area contributed by atoms with Crippen molar-refractivity contribution in [3.63, 3.8) is 0 Å². The minimum absolute atomic E-state index is 0.116. The van der Waals surface area contributed by atoms with Gasteiger partial charge in [-0.2, -0.15) is 0 Å². The molecule has 0 spiro atoms. The molecule has 0 saturated heterocycles. The Morgan fingerprint density at radius 3 is 2.73 bits per heavy atom. The lowest BCUT2D eigenvalue weighted by atomic mass is 10.2. The molecule has 1 aromatic carbocycles. The van der Waals surface area contributed by atoms with Gasteiger partial charge in [-0.05, 0) is 19.1 Å². The predicted molar refractivity (Wildman–Crippen MR) is 62.4 cm³/mol. The minimum Gasteiger partial charge on any atom is -0.497 e. The normalized spacial score (nSPS) is 10.1. The summed E-state index contributed by atoms with van der Waals surface area (Å²) in [5, 5.41) is 8.93. The third-order valence-electron chi connectivity index (χ3n) is 2.33. The number of methoxy groups -OCH3 is 1. The number of anilines is 2. The minimum atomic E-state index is 0.116. The largest absolute Gasteiger partial charge is 0.497 e. The molecule has 84 valence electrons. The number of nitrogen functional groups attached to an aromatic ring is 1. The van der Waals surface area contributed by atoms with Crippen molar-refractivity contribution in [1.29, 1.82) is 0 Å². The Morgan fingerprint density at radius 2 is 2.20 bits per heavy atom. The second-order valence-corrected chi connectivity index (χ2v) is 3.23. The fourth-order valence-electron chi connectivity index (χ4n) is 1.49. The van der Waals surface area contributed by atoms with E-state index >= 15 is 0 Å². The van der Waals surface area contributed by atoms with Crippen molar-refractivity contribution in [3.05, 3.63) is 18.2 Å². The Labute approximate surface area is 90.3 Å². The highest BCUT2D eigenvalue weighted by molar-refractivity contribution is 5.69. The average molecular weight is 210 g/mol. The number of rotatable bonds is 5.